The lowest BCUT2D eigenvalue weighted by molar-refractivity contribution is 0.672. The van der Waals surface area contributed by atoms with Gasteiger partial charge < -0.3 is 10.3 Å². The number of aromatic amines is 1. The molecule has 2 N–H and O–H groups in total. The van der Waals surface area contributed by atoms with Crippen molar-refractivity contribution < 1.29 is 0 Å². The van der Waals surface area contributed by atoms with E-state index in [1.165, 1.54) is 12.8 Å². The monoisotopic (exact) mass is 256 g/mol. The van der Waals surface area contributed by atoms with Gasteiger partial charge >= 0.3 is 0 Å². The van der Waals surface area contributed by atoms with Gasteiger partial charge in [0, 0.05) is 36.6 Å². The number of rotatable bonds is 4. The molecule has 0 bridgehead atoms. The summed E-state index contributed by atoms with van der Waals surface area (Å²) in [6.07, 6.45) is 5.92. The Morgan fingerprint density at radius 2 is 2.32 bits per heavy atom. The van der Waals surface area contributed by atoms with E-state index >= 15 is 0 Å². The van der Waals surface area contributed by atoms with Gasteiger partial charge in [-0.2, -0.15) is 0 Å². The molecule has 1 fully saturated rings. The fraction of sp³-hybridized carbons (Fsp3) is 0.357. The highest BCUT2D eigenvalue weighted by Crippen LogP contribution is 2.20. The number of aromatic nitrogens is 3. The lowest BCUT2D eigenvalue weighted by atomic mass is 10.1. The first kappa shape index (κ1) is 12.0. The Labute approximate surface area is 111 Å². The minimum atomic E-state index is -0.117. The van der Waals surface area contributed by atoms with Gasteiger partial charge in [-0.05, 0) is 31.4 Å². The third-order valence-corrected chi connectivity index (χ3v) is 3.22. The molecule has 2 heterocycles. The van der Waals surface area contributed by atoms with E-state index in [9.17, 15) is 4.79 Å². The molecule has 3 rings (SSSR count). The van der Waals surface area contributed by atoms with Gasteiger partial charge in [0.2, 0.25) is 0 Å². The van der Waals surface area contributed by atoms with E-state index in [1.807, 2.05) is 13.0 Å². The lowest BCUT2D eigenvalue weighted by Gasteiger charge is -2.07. The fourth-order valence-corrected chi connectivity index (χ4v) is 2.00. The van der Waals surface area contributed by atoms with Crippen LogP contribution >= 0.6 is 0 Å². The van der Waals surface area contributed by atoms with Crippen LogP contribution in [0, 0.1) is 6.92 Å². The highest BCUT2D eigenvalue weighted by molar-refractivity contribution is 5.58. The number of pyridine rings is 1. The molecule has 5 nitrogen and oxygen atoms in total. The van der Waals surface area contributed by atoms with Crippen LogP contribution in [0.15, 0.2) is 29.3 Å². The Morgan fingerprint density at radius 1 is 1.47 bits per heavy atom. The molecule has 0 unspecified atom stereocenters. The number of H-pyrrole nitrogens is 1. The lowest BCUT2D eigenvalue weighted by Crippen LogP contribution is -2.19. The van der Waals surface area contributed by atoms with Gasteiger partial charge in [-0.25, -0.2) is 4.98 Å². The smallest absolute Gasteiger partial charge is 0.251 e. The van der Waals surface area contributed by atoms with Gasteiger partial charge in [-0.1, -0.05) is 0 Å². The van der Waals surface area contributed by atoms with E-state index in [4.69, 9.17) is 0 Å². The number of aryl methyl sites for hydroxylation is 1. The molecule has 0 saturated heterocycles. The second-order valence-electron chi connectivity index (χ2n) is 4.93. The molecule has 0 spiro atoms. The molecule has 1 aliphatic carbocycles. The van der Waals surface area contributed by atoms with Crippen molar-refractivity contribution in [3.63, 3.8) is 0 Å². The first-order chi connectivity index (χ1) is 9.22. The van der Waals surface area contributed by atoms with Crippen LogP contribution in [0.5, 0.6) is 0 Å². The van der Waals surface area contributed by atoms with E-state index in [1.54, 1.807) is 18.5 Å². The summed E-state index contributed by atoms with van der Waals surface area (Å²) >= 11 is 0. The zero-order chi connectivity index (χ0) is 13.2. The van der Waals surface area contributed by atoms with Gasteiger partial charge in [0.1, 0.15) is 5.82 Å². The number of hydrogen-bond acceptors (Lipinski definition) is 4. The molecule has 0 aromatic carbocycles. The normalized spacial score (nSPS) is 14.6. The maximum Gasteiger partial charge on any atom is 0.251 e. The Morgan fingerprint density at radius 3 is 3.05 bits per heavy atom. The predicted molar refractivity (Wildman–Crippen MR) is 72.7 cm³/mol. The molecular formula is C14H16N4O. The minimum absolute atomic E-state index is 0.117. The van der Waals surface area contributed by atoms with Crippen LogP contribution in [0.25, 0.3) is 11.4 Å². The Bertz CT molecular complexity index is 646. The van der Waals surface area contributed by atoms with Gasteiger partial charge in [-0.3, -0.25) is 9.78 Å². The van der Waals surface area contributed by atoms with Crippen molar-refractivity contribution in [3.05, 3.63) is 46.1 Å². The average Bonchev–Trinajstić information content (AvgIpc) is 3.20. The minimum Gasteiger partial charge on any atom is -0.308 e. The van der Waals surface area contributed by atoms with E-state index in [0.717, 1.165) is 16.8 Å². The molecule has 0 aliphatic heterocycles. The summed E-state index contributed by atoms with van der Waals surface area (Å²) in [5.41, 5.74) is 2.58. The summed E-state index contributed by atoms with van der Waals surface area (Å²) < 4.78 is 0. The Balaban J connectivity index is 1.92. The van der Waals surface area contributed by atoms with Crippen molar-refractivity contribution in [2.24, 2.45) is 0 Å². The largest absolute Gasteiger partial charge is 0.308 e. The zero-order valence-corrected chi connectivity index (χ0v) is 10.8. The standard InChI is InChI=1S/C14H16N4O/c1-9-7-15-5-4-12(9)14-17-11(6-13(19)18-14)8-16-10-2-3-10/h4-7,10,16H,2-3,8H2,1H3,(H,17,18,19). The summed E-state index contributed by atoms with van der Waals surface area (Å²) in [4.78, 5) is 23.1. The maximum atomic E-state index is 11.7. The van der Waals surface area contributed by atoms with Gasteiger partial charge in [0.05, 0.1) is 5.69 Å². The second kappa shape index (κ2) is 4.93. The fourth-order valence-electron chi connectivity index (χ4n) is 2.00. The highest BCUT2D eigenvalue weighted by Gasteiger charge is 2.20. The van der Waals surface area contributed by atoms with Crippen LogP contribution in [0.3, 0.4) is 0 Å². The Hall–Kier alpha value is -2.01. The summed E-state index contributed by atoms with van der Waals surface area (Å²) in [5.74, 6) is 0.611. The summed E-state index contributed by atoms with van der Waals surface area (Å²) in [6, 6.07) is 4.02. The molecule has 5 heteroatoms. The molecule has 2 aromatic heterocycles. The van der Waals surface area contributed by atoms with Crippen LogP contribution in [-0.4, -0.2) is 21.0 Å². The van der Waals surface area contributed by atoms with E-state index < -0.39 is 0 Å². The first-order valence-electron chi connectivity index (χ1n) is 6.47. The third kappa shape index (κ3) is 2.88. The summed E-state index contributed by atoms with van der Waals surface area (Å²) in [5, 5.41) is 3.37. The summed E-state index contributed by atoms with van der Waals surface area (Å²) in [7, 11) is 0. The van der Waals surface area contributed by atoms with Gasteiger partial charge in [0.15, 0.2) is 0 Å². The topological polar surface area (TPSA) is 70.7 Å². The molecule has 0 atom stereocenters. The zero-order valence-electron chi connectivity index (χ0n) is 10.8. The van der Waals surface area contributed by atoms with Crippen LogP contribution in [-0.2, 0) is 6.54 Å². The van der Waals surface area contributed by atoms with Crippen molar-refractivity contribution >= 4 is 0 Å². The van der Waals surface area contributed by atoms with E-state index in [0.29, 0.717) is 18.4 Å². The van der Waals surface area contributed by atoms with Crippen molar-refractivity contribution in [2.45, 2.75) is 32.4 Å². The number of hydrogen-bond donors (Lipinski definition) is 2. The molecule has 0 radical (unpaired) electrons. The number of nitrogens with zero attached hydrogens (tertiary/aromatic N) is 2. The molecule has 19 heavy (non-hydrogen) atoms. The van der Waals surface area contributed by atoms with Gasteiger partial charge in [-0.15, -0.1) is 0 Å². The van der Waals surface area contributed by atoms with Crippen molar-refractivity contribution in [1.82, 2.24) is 20.3 Å². The highest BCUT2D eigenvalue weighted by atomic mass is 16.1. The van der Waals surface area contributed by atoms with E-state index in [2.05, 4.69) is 20.3 Å². The average molecular weight is 256 g/mol. The number of nitrogens with one attached hydrogen (secondary N) is 2. The predicted octanol–water partition coefficient (Wildman–Crippen LogP) is 1.39. The Kier molecular flexibility index (Phi) is 3.13. The molecular weight excluding hydrogens is 240 g/mol. The van der Waals surface area contributed by atoms with Crippen molar-refractivity contribution in [1.29, 1.82) is 0 Å². The molecule has 2 aromatic rings. The van der Waals surface area contributed by atoms with Crippen LogP contribution < -0.4 is 10.9 Å². The van der Waals surface area contributed by atoms with Crippen LogP contribution in [0.1, 0.15) is 24.1 Å². The SMILES string of the molecule is Cc1cnccc1-c1nc(CNC2CC2)cc(=O)[nH]1. The summed E-state index contributed by atoms with van der Waals surface area (Å²) in [6.45, 7) is 2.60. The molecule has 1 saturated carbocycles. The molecule has 98 valence electrons. The van der Waals surface area contributed by atoms with Crippen molar-refractivity contribution in [3.8, 4) is 11.4 Å². The van der Waals surface area contributed by atoms with Crippen LogP contribution in [0.4, 0.5) is 0 Å². The quantitative estimate of drug-likeness (QED) is 0.867. The van der Waals surface area contributed by atoms with Crippen molar-refractivity contribution in [2.75, 3.05) is 0 Å². The van der Waals surface area contributed by atoms with Gasteiger partial charge in [0.25, 0.3) is 5.56 Å². The first-order valence-corrected chi connectivity index (χ1v) is 6.47. The maximum absolute atomic E-state index is 11.7. The second-order valence-corrected chi connectivity index (χ2v) is 4.93. The molecule has 1 aliphatic rings. The molecule has 0 amide bonds. The van der Waals surface area contributed by atoms with E-state index in [-0.39, 0.29) is 5.56 Å². The van der Waals surface area contributed by atoms with Crippen LogP contribution in [0.2, 0.25) is 0 Å². The third-order valence-electron chi connectivity index (χ3n) is 3.22.